The van der Waals surface area contributed by atoms with E-state index in [4.69, 9.17) is 0 Å². The molecule has 1 aliphatic rings. The number of carbonyl (C=O) groups is 1. The zero-order valence-electron chi connectivity index (χ0n) is 11.0. The van der Waals surface area contributed by atoms with E-state index >= 15 is 0 Å². The Morgan fingerprint density at radius 1 is 1.10 bits per heavy atom. The number of aryl methyl sites for hydroxylation is 1. The minimum Gasteiger partial charge on any atom is -0.344 e. The molecular formula is C16H13N3O. The molecule has 0 radical (unpaired) electrons. The molecule has 1 atom stereocenters. The summed E-state index contributed by atoms with van der Waals surface area (Å²) >= 11 is 0. The van der Waals surface area contributed by atoms with Gasteiger partial charge in [0.05, 0.1) is 0 Å². The van der Waals surface area contributed by atoms with Crippen molar-refractivity contribution < 1.29 is 4.79 Å². The monoisotopic (exact) mass is 263 g/mol. The Labute approximate surface area is 115 Å². The summed E-state index contributed by atoms with van der Waals surface area (Å²) in [6.45, 7) is 0. The van der Waals surface area contributed by atoms with Crippen LogP contribution in [0.5, 0.6) is 0 Å². The maximum Gasteiger partial charge on any atom is 0.253 e. The molecule has 0 bridgehead atoms. The number of hydrazone groups is 1. The zero-order valence-corrected chi connectivity index (χ0v) is 11.0. The molecule has 0 spiro atoms. The van der Waals surface area contributed by atoms with E-state index in [-0.39, 0.29) is 11.8 Å². The molecule has 1 amide bonds. The Bertz CT molecular complexity index is 876. The number of rotatable bonds is 1. The summed E-state index contributed by atoms with van der Waals surface area (Å²) < 4.78 is 2.16. The van der Waals surface area contributed by atoms with Crippen molar-refractivity contribution in [1.29, 1.82) is 0 Å². The summed E-state index contributed by atoms with van der Waals surface area (Å²) in [7, 11) is 2.05. The quantitative estimate of drug-likeness (QED) is 0.720. The Balaban J connectivity index is 2.00. The third kappa shape index (κ3) is 1.42. The first kappa shape index (κ1) is 11.2. The number of carbonyl (C=O) groups excluding carboxylic acids is 1. The Morgan fingerprint density at radius 2 is 1.90 bits per heavy atom. The summed E-state index contributed by atoms with van der Waals surface area (Å²) in [5, 5.41) is 6.28. The van der Waals surface area contributed by atoms with Gasteiger partial charge >= 0.3 is 0 Å². The molecular weight excluding hydrogens is 250 g/mol. The van der Waals surface area contributed by atoms with Crippen molar-refractivity contribution in [3.63, 3.8) is 0 Å². The van der Waals surface area contributed by atoms with Gasteiger partial charge in [0.1, 0.15) is 5.92 Å². The predicted octanol–water partition coefficient (Wildman–Crippen LogP) is 2.53. The minimum atomic E-state index is -0.280. The summed E-state index contributed by atoms with van der Waals surface area (Å²) in [4.78, 5) is 11.7. The average Bonchev–Trinajstić information content (AvgIpc) is 3.02. The summed E-state index contributed by atoms with van der Waals surface area (Å²) in [6, 6.07) is 14.5. The van der Waals surface area contributed by atoms with Crippen LogP contribution in [0.25, 0.3) is 21.8 Å². The topological polar surface area (TPSA) is 46.4 Å². The standard InChI is InChI=1S/C16H13N3O/c1-19-14-5-3-2-4-11(14)12-7-6-10(8-15(12)19)13-9-17-18-16(13)20/h2-9,13H,1H3,(H,18,20)/t13-/m1/s1. The second kappa shape index (κ2) is 3.93. The van der Waals surface area contributed by atoms with Crippen LogP contribution in [0.2, 0.25) is 0 Å². The second-order valence-electron chi connectivity index (χ2n) is 5.08. The number of hydrogen-bond acceptors (Lipinski definition) is 2. The molecule has 0 unspecified atom stereocenters. The van der Waals surface area contributed by atoms with Crippen LogP contribution >= 0.6 is 0 Å². The van der Waals surface area contributed by atoms with Gasteiger partial charge in [-0.15, -0.1) is 0 Å². The molecule has 1 N–H and O–H groups in total. The number of nitrogens with one attached hydrogen (secondary N) is 1. The van der Waals surface area contributed by atoms with E-state index in [0.29, 0.717) is 0 Å². The Kier molecular flexibility index (Phi) is 2.21. The minimum absolute atomic E-state index is 0.0666. The molecule has 1 aliphatic heterocycles. The second-order valence-corrected chi connectivity index (χ2v) is 5.08. The van der Waals surface area contributed by atoms with Gasteiger partial charge in [0.25, 0.3) is 5.91 Å². The summed E-state index contributed by atoms with van der Waals surface area (Å²) in [6.07, 6.45) is 1.66. The van der Waals surface area contributed by atoms with Crippen LogP contribution in [0.3, 0.4) is 0 Å². The number of amides is 1. The van der Waals surface area contributed by atoms with Gasteiger partial charge < -0.3 is 4.57 Å². The first-order chi connectivity index (χ1) is 9.75. The molecule has 2 heterocycles. The van der Waals surface area contributed by atoms with Gasteiger partial charge in [0.15, 0.2) is 0 Å². The molecule has 4 nitrogen and oxygen atoms in total. The molecule has 98 valence electrons. The Hall–Kier alpha value is -2.62. The highest BCUT2D eigenvalue weighted by molar-refractivity contribution is 6.09. The third-order valence-electron chi connectivity index (χ3n) is 3.98. The molecule has 0 fully saturated rings. The van der Waals surface area contributed by atoms with E-state index in [1.807, 2.05) is 18.2 Å². The molecule has 3 aromatic rings. The van der Waals surface area contributed by atoms with Crippen LogP contribution in [0, 0.1) is 0 Å². The van der Waals surface area contributed by atoms with E-state index in [1.54, 1.807) is 6.21 Å². The van der Waals surface area contributed by atoms with Crippen molar-refractivity contribution in [3.8, 4) is 0 Å². The van der Waals surface area contributed by atoms with Gasteiger partial charge in [0, 0.05) is 35.1 Å². The van der Waals surface area contributed by atoms with Crippen LogP contribution in [0.4, 0.5) is 0 Å². The SMILES string of the molecule is Cn1c2ccccc2c2ccc([C@H]3C=NNC3=O)cc21. The van der Waals surface area contributed by atoms with Crippen molar-refractivity contribution in [2.75, 3.05) is 0 Å². The van der Waals surface area contributed by atoms with Crippen molar-refractivity contribution in [2.24, 2.45) is 12.1 Å². The largest absolute Gasteiger partial charge is 0.344 e. The molecule has 4 rings (SSSR count). The number of nitrogens with zero attached hydrogens (tertiary/aromatic N) is 2. The van der Waals surface area contributed by atoms with Crippen molar-refractivity contribution in [1.82, 2.24) is 9.99 Å². The lowest BCUT2D eigenvalue weighted by molar-refractivity contribution is -0.120. The molecule has 0 aliphatic carbocycles. The highest BCUT2D eigenvalue weighted by atomic mass is 16.2. The lowest BCUT2D eigenvalue weighted by atomic mass is 9.99. The molecule has 0 saturated carbocycles. The average molecular weight is 263 g/mol. The van der Waals surface area contributed by atoms with Gasteiger partial charge in [-0.3, -0.25) is 4.79 Å². The molecule has 1 aromatic heterocycles. The lowest BCUT2D eigenvalue weighted by Gasteiger charge is -2.06. The fourth-order valence-electron chi connectivity index (χ4n) is 2.92. The summed E-state index contributed by atoms with van der Waals surface area (Å²) in [5.74, 6) is -0.347. The molecule has 0 saturated heterocycles. The fourth-order valence-corrected chi connectivity index (χ4v) is 2.92. The third-order valence-corrected chi connectivity index (χ3v) is 3.98. The van der Waals surface area contributed by atoms with Crippen LogP contribution in [0.1, 0.15) is 11.5 Å². The lowest BCUT2D eigenvalue weighted by Crippen LogP contribution is -2.18. The normalized spacial score (nSPS) is 18.1. The van der Waals surface area contributed by atoms with Gasteiger partial charge in [-0.25, -0.2) is 5.43 Å². The molecule has 2 aromatic carbocycles. The van der Waals surface area contributed by atoms with Crippen LogP contribution in [-0.2, 0) is 11.8 Å². The van der Waals surface area contributed by atoms with Crippen LogP contribution in [0.15, 0.2) is 47.6 Å². The number of benzene rings is 2. The first-order valence-corrected chi connectivity index (χ1v) is 6.56. The fraction of sp³-hybridized carbons (Fsp3) is 0.125. The summed E-state index contributed by atoms with van der Waals surface area (Å²) in [5.41, 5.74) is 5.79. The smallest absolute Gasteiger partial charge is 0.253 e. The van der Waals surface area contributed by atoms with E-state index in [1.165, 1.54) is 16.3 Å². The van der Waals surface area contributed by atoms with Gasteiger partial charge in [-0.1, -0.05) is 30.3 Å². The van der Waals surface area contributed by atoms with Crippen LogP contribution in [-0.4, -0.2) is 16.7 Å². The van der Waals surface area contributed by atoms with Crippen LogP contribution < -0.4 is 5.43 Å². The molecule has 4 heteroatoms. The number of fused-ring (bicyclic) bond motifs is 3. The van der Waals surface area contributed by atoms with E-state index in [0.717, 1.165) is 11.1 Å². The van der Waals surface area contributed by atoms with E-state index in [9.17, 15) is 4.79 Å². The highest BCUT2D eigenvalue weighted by Crippen LogP contribution is 2.30. The van der Waals surface area contributed by atoms with Crippen molar-refractivity contribution >= 4 is 33.9 Å². The van der Waals surface area contributed by atoms with Crippen molar-refractivity contribution in [2.45, 2.75) is 5.92 Å². The van der Waals surface area contributed by atoms with E-state index < -0.39 is 0 Å². The number of hydrogen-bond donors (Lipinski definition) is 1. The van der Waals surface area contributed by atoms with E-state index in [2.05, 4.69) is 46.4 Å². The predicted molar refractivity (Wildman–Crippen MR) is 79.8 cm³/mol. The zero-order chi connectivity index (χ0) is 13.7. The van der Waals surface area contributed by atoms with Crippen molar-refractivity contribution in [3.05, 3.63) is 48.0 Å². The Morgan fingerprint density at radius 3 is 2.70 bits per heavy atom. The van der Waals surface area contributed by atoms with Gasteiger partial charge in [-0.05, 0) is 17.7 Å². The maximum absolute atomic E-state index is 11.7. The number of para-hydroxylation sites is 1. The molecule has 20 heavy (non-hydrogen) atoms. The van der Waals surface area contributed by atoms with Gasteiger partial charge in [-0.2, -0.15) is 5.10 Å². The van der Waals surface area contributed by atoms with Gasteiger partial charge in [0.2, 0.25) is 0 Å². The maximum atomic E-state index is 11.7. The number of aromatic nitrogens is 1. The first-order valence-electron chi connectivity index (χ1n) is 6.56. The highest BCUT2D eigenvalue weighted by Gasteiger charge is 2.23.